The van der Waals surface area contributed by atoms with Gasteiger partial charge in [-0.05, 0) is 57.5 Å². The molecule has 0 saturated carbocycles. The van der Waals surface area contributed by atoms with Crippen LogP contribution in [0.5, 0.6) is 0 Å². The summed E-state index contributed by atoms with van der Waals surface area (Å²) in [4.78, 5) is 14.2. The molecule has 1 amide bonds. The van der Waals surface area contributed by atoms with Crippen molar-refractivity contribution in [1.29, 1.82) is 0 Å². The van der Waals surface area contributed by atoms with Gasteiger partial charge in [0.25, 0.3) is 0 Å². The van der Waals surface area contributed by atoms with Gasteiger partial charge in [0.05, 0.1) is 0 Å². The lowest BCUT2D eigenvalue weighted by Gasteiger charge is -2.35. The van der Waals surface area contributed by atoms with Gasteiger partial charge in [-0.3, -0.25) is 9.69 Å². The number of carbonyl (C=O) groups excluding carboxylic acids is 1. The molecule has 1 fully saturated rings. The second-order valence-electron chi connectivity index (χ2n) is 6.30. The van der Waals surface area contributed by atoms with Gasteiger partial charge in [-0.2, -0.15) is 0 Å². The molecule has 2 rings (SSSR count). The van der Waals surface area contributed by atoms with Crippen LogP contribution in [-0.4, -0.2) is 30.4 Å². The number of amides is 1. The van der Waals surface area contributed by atoms with Crippen LogP contribution in [0.25, 0.3) is 0 Å². The van der Waals surface area contributed by atoms with Crippen LogP contribution in [-0.2, 0) is 4.79 Å². The summed E-state index contributed by atoms with van der Waals surface area (Å²) in [5.74, 6) is -0.632. The zero-order chi connectivity index (χ0) is 16.8. The summed E-state index contributed by atoms with van der Waals surface area (Å²) >= 11 is 0. The molecule has 1 aliphatic heterocycles. The monoisotopic (exact) mass is 324 g/mol. The highest BCUT2D eigenvalue weighted by Gasteiger charge is 2.28. The molecule has 0 bridgehead atoms. The van der Waals surface area contributed by atoms with E-state index in [9.17, 15) is 13.6 Å². The van der Waals surface area contributed by atoms with Crippen LogP contribution < -0.4 is 5.32 Å². The van der Waals surface area contributed by atoms with Gasteiger partial charge < -0.3 is 5.32 Å². The summed E-state index contributed by atoms with van der Waals surface area (Å²) in [5, 5.41) is 2.98. The lowest BCUT2D eigenvalue weighted by Crippen LogP contribution is -2.41. The van der Waals surface area contributed by atoms with Crippen molar-refractivity contribution in [3.05, 3.63) is 35.4 Å². The molecular formula is C18H26F2N2O. The van der Waals surface area contributed by atoms with Crippen LogP contribution in [0.3, 0.4) is 0 Å². The quantitative estimate of drug-likeness (QED) is 0.810. The fourth-order valence-electron chi connectivity index (χ4n) is 3.11. The molecule has 5 heteroatoms. The van der Waals surface area contributed by atoms with Crippen LogP contribution in [0.4, 0.5) is 8.78 Å². The standard InChI is InChI=1S/C18H26F2N2O/c1-3-4-9-21-18(23)14-7-10-22(11-8-14)13(2)16-12-15(19)5-6-17(16)20/h5-6,12-14H,3-4,7-11H2,1-2H3,(H,21,23). The van der Waals surface area contributed by atoms with Gasteiger partial charge in [0, 0.05) is 24.1 Å². The number of benzene rings is 1. The van der Waals surface area contributed by atoms with Crippen molar-refractivity contribution < 1.29 is 13.6 Å². The number of unbranched alkanes of at least 4 members (excludes halogenated alkanes) is 1. The minimum atomic E-state index is -0.418. The Kier molecular flexibility index (Phi) is 6.51. The van der Waals surface area contributed by atoms with E-state index in [1.54, 1.807) is 0 Å². The summed E-state index contributed by atoms with van der Waals surface area (Å²) in [6.45, 7) is 6.17. The number of piperidine rings is 1. The molecule has 1 saturated heterocycles. The first kappa shape index (κ1) is 17.9. The lowest BCUT2D eigenvalue weighted by atomic mass is 9.93. The summed E-state index contributed by atoms with van der Waals surface area (Å²) in [5.41, 5.74) is 0.385. The number of likely N-dealkylation sites (tertiary alicyclic amines) is 1. The average Bonchev–Trinajstić information content (AvgIpc) is 2.56. The Hall–Kier alpha value is -1.49. The Morgan fingerprint density at radius 3 is 2.70 bits per heavy atom. The second-order valence-corrected chi connectivity index (χ2v) is 6.30. The maximum absolute atomic E-state index is 13.9. The van der Waals surface area contributed by atoms with Crippen LogP contribution in [0.1, 0.15) is 51.1 Å². The predicted octanol–water partition coefficient (Wildman–Crippen LogP) is 3.65. The zero-order valence-electron chi connectivity index (χ0n) is 13.9. The SMILES string of the molecule is CCCCNC(=O)C1CCN(C(C)c2cc(F)ccc2F)CC1. The highest BCUT2D eigenvalue weighted by molar-refractivity contribution is 5.78. The molecule has 23 heavy (non-hydrogen) atoms. The third-order valence-corrected chi connectivity index (χ3v) is 4.69. The van der Waals surface area contributed by atoms with Crippen molar-refractivity contribution in [1.82, 2.24) is 10.2 Å². The molecule has 128 valence electrons. The van der Waals surface area contributed by atoms with E-state index in [0.717, 1.165) is 51.4 Å². The number of hydrogen-bond acceptors (Lipinski definition) is 2. The number of nitrogens with one attached hydrogen (secondary N) is 1. The van der Waals surface area contributed by atoms with E-state index in [1.165, 1.54) is 12.1 Å². The first-order chi connectivity index (χ1) is 11.0. The van der Waals surface area contributed by atoms with E-state index >= 15 is 0 Å². The Morgan fingerprint density at radius 2 is 2.04 bits per heavy atom. The van der Waals surface area contributed by atoms with E-state index in [0.29, 0.717) is 5.56 Å². The molecule has 1 heterocycles. The Balaban J connectivity index is 1.88. The Labute approximate surface area is 137 Å². The maximum atomic E-state index is 13.9. The van der Waals surface area contributed by atoms with E-state index in [4.69, 9.17) is 0 Å². The van der Waals surface area contributed by atoms with Crippen molar-refractivity contribution in [3.63, 3.8) is 0 Å². The second kappa shape index (κ2) is 8.39. The highest BCUT2D eigenvalue weighted by Crippen LogP contribution is 2.28. The highest BCUT2D eigenvalue weighted by atomic mass is 19.1. The number of nitrogens with zero attached hydrogens (tertiary/aromatic N) is 1. The minimum Gasteiger partial charge on any atom is -0.356 e. The molecule has 1 atom stereocenters. The fraction of sp³-hybridized carbons (Fsp3) is 0.611. The van der Waals surface area contributed by atoms with Crippen LogP contribution in [0.2, 0.25) is 0 Å². The van der Waals surface area contributed by atoms with Crippen LogP contribution in [0, 0.1) is 17.6 Å². The van der Waals surface area contributed by atoms with Crippen molar-refractivity contribution in [2.75, 3.05) is 19.6 Å². The van der Waals surface area contributed by atoms with E-state index in [-0.39, 0.29) is 23.7 Å². The molecule has 1 aromatic rings. The average molecular weight is 324 g/mol. The van der Waals surface area contributed by atoms with Crippen molar-refractivity contribution >= 4 is 5.91 Å². The first-order valence-corrected chi connectivity index (χ1v) is 8.49. The first-order valence-electron chi connectivity index (χ1n) is 8.49. The van der Waals surface area contributed by atoms with E-state index in [2.05, 4.69) is 17.1 Å². The smallest absolute Gasteiger partial charge is 0.223 e. The van der Waals surface area contributed by atoms with Crippen LogP contribution in [0.15, 0.2) is 18.2 Å². The van der Waals surface area contributed by atoms with Gasteiger partial charge in [0.15, 0.2) is 0 Å². The van der Waals surface area contributed by atoms with E-state index < -0.39 is 5.82 Å². The predicted molar refractivity (Wildman–Crippen MR) is 87.0 cm³/mol. The van der Waals surface area contributed by atoms with Gasteiger partial charge in [0.1, 0.15) is 11.6 Å². The van der Waals surface area contributed by atoms with Gasteiger partial charge in [-0.1, -0.05) is 13.3 Å². The molecule has 1 N–H and O–H groups in total. The summed E-state index contributed by atoms with van der Waals surface area (Å²) < 4.78 is 27.2. The fourth-order valence-corrected chi connectivity index (χ4v) is 3.11. The van der Waals surface area contributed by atoms with Crippen molar-refractivity contribution in [3.8, 4) is 0 Å². The largest absolute Gasteiger partial charge is 0.356 e. The Morgan fingerprint density at radius 1 is 1.35 bits per heavy atom. The molecule has 0 aromatic heterocycles. The molecule has 1 aromatic carbocycles. The van der Waals surface area contributed by atoms with Gasteiger partial charge in [-0.15, -0.1) is 0 Å². The summed E-state index contributed by atoms with van der Waals surface area (Å²) in [7, 11) is 0. The van der Waals surface area contributed by atoms with Crippen molar-refractivity contribution in [2.24, 2.45) is 5.92 Å². The van der Waals surface area contributed by atoms with Crippen molar-refractivity contribution in [2.45, 2.75) is 45.6 Å². The lowest BCUT2D eigenvalue weighted by molar-refractivity contribution is -0.126. The van der Waals surface area contributed by atoms with Gasteiger partial charge in [-0.25, -0.2) is 8.78 Å². The third-order valence-electron chi connectivity index (χ3n) is 4.69. The minimum absolute atomic E-state index is 0.0349. The Bertz CT molecular complexity index is 528. The maximum Gasteiger partial charge on any atom is 0.223 e. The number of rotatable bonds is 6. The summed E-state index contributed by atoms with van der Waals surface area (Å²) in [6, 6.07) is 3.40. The zero-order valence-corrected chi connectivity index (χ0v) is 13.9. The topological polar surface area (TPSA) is 32.3 Å². The van der Waals surface area contributed by atoms with Gasteiger partial charge in [0.2, 0.25) is 5.91 Å². The normalized spacial score (nSPS) is 17.9. The molecule has 0 aliphatic carbocycles. The molecule has 0 radical (unpaired) electrons. The number of halogens is 2. The van der Waals surface area contributed by atoms with Crippen LogP contribution >= 0.6 is 0 Å². The molecule has 1 aliphatic rings. The van der Waals surface area contributed by atoms with Gasteiger partial charge >= 0.3 is 0 Å². The molecule has 0 spiro atoms. The summed E-state index contributed by atoms with van der Waals surface area (Å²) in [6.07, 6.45) is 3.59. The third kappa shape index (κ3) is 4.74. The molecule has 3 nitrogen and oxygen atoms in total. The number of carbonyl (C=O) groups is 1. The molecular weight excluding hydrogens is 298 g/mol. The molecule has 1 unspecified atom stereocenters. The number of hydrogen-bond donors (Lipinski definition) is 1. The van der Waals surface area contributed by atoms with E-state index in [1.807, 2.05) is 6.92 Å².